The second-order valence-corrected chi connectivity index (χ2v) is 5.31. The summed E-state index contributed by atoms with van der Waals surface area (Å²) in [6, 6.07) is 10.2. The first kappa shape index (κ1) is 16.6. The van der Waals surface area contributed by atoms with Gasteiger partial charge < -0.3 is 10.6 Å². The normalized spacial score (nSPS) is 9.85. The highest BCUT2D eigenvalue weighted by molar-refractivity contribution is 7.15. The van der Waals surface area contributed by atoms with E-state index in [-0.39, 0.29) is 18.3 Å². The van der Waals surface area contributed by atoms with Crippen molar-refractivity contribution in [2.24, 2.45) is 0 Å². The van der Waals surface area contributed by atoms with Crippen LogP contribution in [0.25, 0.3) is 0 Å². The van der Waals surface area contributed by atoms with Crippen LogP contribution in [0.1, 0.15) is 16.9 Å². The maximum atomic E-state index is 11.6. The number of carbonyl (C=O) groups excluding carboxylic acids is 1. The maximum Gasteiger partial charge on any atom is 0.227 e. The van der Waals surface area contributed by atoms with Gasteiger partial charge in [0.2, 0.25) is 5.91 Å². The number of thiazole rings is 1. The molecule has 20 heavy (non-hydrogen) atoms. The van der Waals surface area contributed by atoms with E-state index in [0.29, 0.717) is 18.1 Å². The van der Waals surface area contributed by atoms with Crippen molar-refractivity contribution in [1.82, 2.24) is 10.3 Å². The minimum absolute atomic E-state index is 0. The zero-order valence-corrected chi connectivity index (χ0v) is 12.9. The van der Waals surface area contributed by atoms with Crippen molar-refractivity contribution in [2.75, 3.05) is 18.9 Å². The first-order chi connectivity index (χ1) is 9.28. The van der Waals surface area contributed by atoms with Gasteiger partial charge in [0.15, 0.2) is 5.13 Å². The number of aromatic nitrogens is 1. The molecule has 0 aliphatic carbocycles. The molecule has 108 valence electrons. The predicted molar refractivity (Wildman–Crippen MR) is 85.8 cm³/mol. The lowest BCUT2D eigenvalue weighted by atomic mass is 10.1. The molecule has 0 saturated heterocycles. The second kappa shape index (κ2) is 8.68. The number of nitrogens with zero attached hydrogens (tertiary/aromatic N) is 1. The van der Waals surface area contributed by atoms with Crippen molar-refractivity contribution in [3.05, 3.63) is 47.0 Å². The summed E-state index contributed by atoms with van der Waals surface area (Å²) >= 11 is 1.53. The zero-order valence-electron chi connectivity index (χ0n) is 11.3. The molecule has 1 aromatic heterocycles. The second-order valence-electron chi connectivity index (χ2n) is 4.20. The van der Waals surface area contributed by atoms with E-state index in [4.69, 9.17) is 0 Å². The van der Waals surface area contributed by atoms with Gasteiger partial charge in [-0.15, -0.1) is 23.7 Å². The molecule has 1 aromatic carbocycles. The first-order valence-corrected chi connectivity index (χ1v) is 7.02. The molecule has 1 amide bonds. The van der Waals surface area contributed by atoms with Crippen molar-refractivity contribution < 1.29 is 4.79 Å². The molecular formula is C14H18ClN3OS. The van der Waals surface area contributed by atoms with Crippen molar-refractivity contribution in [1.29, 1.82) is 0 Å². The summed E-state index contributed by atoms with van der Waals surface area (Å²) in [6.07, 6.45) is 3.14. The van der Waals surface area contributed by atoms with E-state index in [1.54, 1.807) is 0 Å². The van der Waals surface area contributed by atoms with Crippen molar-refractivity contribution in [3.8, 4) is 0 Å². The van der Waals surface area contributed by atoms with Gasteiger partial charge in [-0.2, -0.15) is 0 Å². The lowest BCUT2D eigenvalue weighted by molar-refractivity contribution is -0.116. The third-order valence-corrected chi connectivity index (χ3v) is 3.54. The van der Waals surface area contributed by atoms with Crippen LogP contribution >= 0.6 is 23.7 Å². The number of anilines is 1. The van der Waals surface area contributed by atoms with E-state index < -0.39 is 0 Å². The number of halogens is 1. The molecule has 2 aromatic rings. The number of nitrogens with one attached hydrogen (secondary N) is 2. The molecule has 0 saturated carbocycles. The molecule has 0 bridgehead atoms. The van der Waals surface area contributed by atoms with Crippen LogP contribution in [0.4, 0.5) is 5.13 Å². The SMILES string of the molecule is CNCCC(=O)Nc1ncc(Cc2ccccc2)s1.Cl. The fourth-order valence-corrected chi connectivity index (χ4v) is 2.53. The van der Waals surface area contributed by atoms with E-state index in [2.05, 4.69) is 27.8 Å². The van der Waals surface area contributed by atoms with Crippen LogP contribution in [0.15, 0.2) is 36.5 Å². The number of carbonyl (C=O) groups is 1. The summed E-state index contributed by atoms with van der Waals surface area (Å²) in [5.41, 5.74) is 1.25. The molecule has 0 spiro atoms. The van der Waals surface area contributed by atoms with E-state index in [1.807, 2.05) is 31.4 Å². The largest absolute Gasteiger partial charge is 0.319 e. The topological polar surface area (TPSA) is 54.0 Å². The average molecular weight is 312 g/mol. The van der Waals surface area contributed by atoms with E-state index in [9.17, 15) is 4.79 Å². The smallest absolute Gasteiger partial charge is 0.227 e. The van der Waals surface area contributed by atoms with Gasteiger partial charge in [-0.1, -0.05) is 30.3 Å². The molecule has 4 nitrogen and oxygen atoms in total. The minimum atomic E-state index is -0.00467. The molecular weight excluding hydrogens is 294 g/mol. The number of amides is 1. The molecule has 0 unspecified atom stereocenters. The Morgan fingerprint density at radius 2 is 2.05 bits per heavy atom. The summed E-state index contributed by atoms with van der Waals surface area (Å²) < 4.78 is 0. The van der Waals surface area contributed by atoms with Crippen LogP contribution in [-0.2, 0) is 11.2 Å². The van der Waals surface area contributed by atoms with Gasteiger partial charge in [-0.25, -0.2) is 4.98 Å². The molecule has 0 atom stereocenters. The van der Waals surface area contributed by atoms with Gasteiger partial charge in [0.25, 0.3) is 0 Å². The van der Waals surface area contributed by atoms with Gasteiger partial charge in [0.1, 0.15) is 0 Å². The lowest BCUT2D eigenvalue weighted by Gasteiger charge is -2.00. The molecule has 1 heterocycles. The van der Waals surface area contributed by atoms with Gasteiger partial charge in [-0.05, 0) is 12.6 Å². The number of hydrogen-bond donors (Lipinski definition) is 2. The van der Waals surface area contributed by atoms with Gasteiger partial charge in [0, 0.05) is 30.5 Å². The Morgan fingerprint density at radius 1 is 1.30 bits per heavy atom. The highest BCUT2D eigenvalue weighted by Gasteiger charge is 2.06. The van der Waals surface area contributed by atoms with Crippen molar-refractivity contribution in [2.45, 2.75) is 12.8 Å². The monoisotopic (exact) mass is 311 g/mol. The molecule has 0 fully saturated rings. The van der Waals surface area contributed by atoms with Crippen molar-refractivity contribution >= 4 is 34.8 Å². The van der Waals surface area contributed by atoms with Gasteiger partial charge in [-0.3, -0.25) is 4.79 Å². The predicted octanol–water partition coefficient (Wildman–Crippen LogP) is 2.70. The summed E-state index contributed by atoms with van der Waals surface area (Å²) in [7, 11) is 1.83. The summed E-state index contributed by atoms with van der Waals surface area (Å²) in [5, 5.41) is 6.43. The Hall–Kier alpha value is -1.43. The molecule has 2 rings (SSSR count). The third-order valence-electron chi connectivity index (χ3n) is 2.62. The molecule has 2 N–H and O–H groups in total. The molecule has 0 radical (unpaired) electrons. The van der Waals surface area contributed by atoms with Gasteiger partial charge >= 0.3 is 0 Å². The fraction of sp³-hybridized carbons (Fsp3) is 0.286. The van der Waals surface area contributed by atoms with Crippen LogP contribution in [0.3, 0.4) is 0 Å². The molecule has 0 aliphatic heterocycles. The Bertz CT molecular complexity index is 530. The zero-order chi connectivity index (χ0) is 13.5. The van der Waals surface area contributed by atoms with E-state index in [0.717, 1.165) is 11.3 Å². The van der Waals surface area contributed by atoms with Crippen LogP contribution in [0.2, 0.25) is 0 Å². The maximum absolute atomic E-state index is 11.6. The number of hydrogen-bond acceptors (Lipinski definition) is 4. The van der Waals surface area contributed by atoms with Gasteiger partial charge in [0.05, 0.1) is 0 Å². The summed E-state index contributed by atoms with van der Waals surface area (Å²) in [6.45, 7) is 0.675. The fourth-order valence-electron chi connectivity index (χ4n) is 1.66. The van der Waals surface area contributed by atoms with Crippen LogP contribution < -0.4 is 10.6 Å². The first-order valence-electron chi connectivity index (χ1n) is 6.21. The van der Waals surface area contributed by atoms with E-state index >= 15 is 0 Å². The van der Waals surface area contributed by atoms with Crippen LogP contribution in [0, 0.1) is 0 Å². The highest BCUT2D eigenvalue weighted by Crippen LogP contribution is 2.21. The Balaban J connectivity index is 0.00000200. The third kappa shape index (κ3) is 5.28. The van der Waals surface area contributed by atoms with E-state index in [1.165, 1.54) is 16.9 Å². The Kier molecular flexibility index (Phi) is 7.22. The Labute approximate surface area is 129 Å². The average Bonchev–Trinajstić information content (AvgIpc) is 2.85. The summed E-state index contributed by atoms with van der Waals surface area (Å²) in [4.78, 5) is 16.9. The minimum Gasteiger partial charge on any atom is -0.319 e. The van der Waals surface area contributed by atoms with Crippen molar-refractivity contribution in [3.63, 3.8) is 0 Å². The van der Waals surface area contributed by atoms with Crippen LogP contribution in [0.5, 0.6) is 0 Å². The molecule has 6 heteroatoms. The molecule has 0 aliphatic rings. The standard InChI is InChI=1S/C14H17N3OS.ClH/c1-15-8-7-13(18)17-14-16-10-12(19-14)9-11-5-3-2-4-6-11;/h2-6,10,15H,7-9H2,1H3,(H,16,17,18);1H. The lowest BCUT2D eigenvalue weighted by Crippen LogP contribution is -2.18. The van der Waals surface area contributed by atoms with Crippen LogP contribution in [-0.4, -0.2) is 24.5 Å². The highest BCUT2D eigenvalue weighted by atomic mass is 35.5. The Morgan fingerprint density at radius 3 is 2.75 bits per heavy atom. The number of benzene rings is 1. The summed E-state index contributed by atoms with van der Waals surface area (Å²) in [5.74, 6) is -0.00467. The quantitative estimate of drug-likeness (QED) is 0.862. The number of rotatable bonds is 6.